The minimum atomic E-state index is -0.126. The molecule has 0 unspecified atom stereocenters. The summed E-state index contributed by atoms with van der Waals surface area (Å²) in [5.74, 6) is 1.67. The van der Waals surface area contributed by atoms with Crippen LogP contribution in [0.5, 0.6) is 11.5 Å². The summed E-state index contributed by atoms with van der Waals surface area (Å²) in [7, 11) is 3.28. The summed E-state index contributed by atoms with van der Waals surface area (Å²) in [6.45, 7) is 6.16. The normalized spacial score (nSPS) is 16.5. The summed E-state index contributed by atoms with van der Waals surface area (Å²) in [5.41, 5.74) is 1.04. The average Bonchev–Trinajstić information content (AvgIpc) is 2.67. The molecule has 1 N–H and O–H groups in total. The molecule has 0 radical (unpaired) electrons. The Morgan fingerprint density at radius 2 is 1.80 bits per heavy atom. The molecule has 1 aliphatic heterocycles. The first kappa shape index (κ1) is 19.6. The molecule has 5 heteroatoms. The molecule has 0 atom stereocenters. The lowest BCUT2D eigenvalue weighted by atomic mass is 9.74. The van der Waals surface area contributed by atoms with E-state index in [1.165, 1.54) is 5.56 Å². The van der Waals surface area contributed by atoms with Gasteiger partial charge in [-0.2, -0.15) is 0 Å². The molecule has 1 aromatic rings. The molecule has 0 aromatic heterocycles. The van der Waals surface area contributed by atoms with Crippen LogP contribution in [0.25, 0.3) is 0 Å². The third-order valence-electron chi connectivity index (χ3n) is 5.40. The predicted octanol–water partition coefficient (Wildman–Crippen LogP) is 3.30. The topological polar surface area (TPSA) is 56.8 Å². The number of nitrogens with one attached hydrogen (secondary N) is 1. The average molecular weight is 349 g/mol. The lowest BCUT2D eigenvalue weighted by molar-refractivity contribution is -0.125. The number of hydrogen-bond donors (Lipinski definition) is 1. The van der Waals surface area contributed by atoms with Crippen LogP contribution < -0.4 is 14.8 Å². The van der Waals surface area contributed by atoms with E-state index in [0.29, 0.717) is 19.8 Å². The van der Waals surface area contributed by atoms with Crippen LogP contribution in [-0.2, 0) is 14.9 Å². The Morgan fingerprint density at radius 1 is 1.16 bits per heavy atom. The molecule has 1 amide bonds. The first-order valence-corrected chi connectivity index (χ1v) is 9.18. The van der Waals surface area contributed by atoms with Crippen molar-refractivity contribution in [3.05, 3.63) is 23.8 Å². The number of hydrogen-bond acceptors (Lipinski definition) is 4. The fourth-order valence-corrected chi connectivity index (χ4v) is 3.56. The van der Waals surface area contributed by atoms with Gasteiger partial charge >= 0.3 is 0 Å². The zero-order valence-electron chi connectivity index (χ0n) is 15.9. The highest BCUT2D eigenvalue weighted by Gasteiger charge is 2.36. The maximum absolute atomic E-state index is 12.5. The van der Waals surface area contributed by atoms with Gasteiger partial charge in [-0.1, -0.05) is 19.9 Å². The summed E-state index contributed by atoms with van der Waals surface area (Å²) in [4.78, 5) is 12.5. The zero-order chi connectivity index (χ0) is 18.3. The number of rotatable bonds is 8. The first-order chi connectivity index (χ1) is 12.1. The van der Waals surface area contributed by atoms with Gasteiger partial charge in [0.2, 0.25) is 5.91 Å². The van der Waals surface area contributed by atoms with Crippen molar-refractivity contribution in [1.82, 2.24) is 5.32 Å². The molecule has 1 fully saturated rings. The molecule has 5 nitrogen and oxygen atoms in total. The minimum Gasteiger partial charge on any atom is -0.493 e. The van der Waals surface area contributed by atoms with Crippen LogP contribution in [0.1, 0.15) is 45.1 Å². The predicted molar refractivity (Wildman–Crippen MR) is 98.4 cm³/mol. The van der Waals surface area contributed by atoms with Gasteiger partial charge in [-0.25, -0.2) is 0 Å². The number of carbonyl (C=O) groups excluding carboxylic acids is 1. The van der Waals surface area contributed by atoms with Crippen molar-refractivity contribution >= 4 is 5.91 Å². The molecule has 1 saturated heterocycles. The van der Waals surface area contributed by atoms with Crippen LogP contribution in [0.15, 0.2) is 18.2 Å². The maximum atomic E-state index is 12.5. The van der Waals surface area contributed by atoms with Crippen LogP contribution in [0, 0.1) is 5.92 Å². The van der Waals surface area contributed by atoms with Crippen molar-refractivity contribution in [3.63, 3.8) is 0 Å². The van der Waals surface area contributed by atoms with E-state index in [1.807, 2.05) is 12.1 Å². The summed E-state index contributed by atoms with van der Waals surface area (Å²) in [6.07, 6.45) is 3.50. The van der Waals surface area contributed by atoms with Crippen molar-refractivity contribution in [2.24, 2.45) is 5.92 Å². The monoisotopic (exact) mass is 349 g/mol. The molecule has 0 saturated carbocycles. The van der Waals surface area contributed by atoms with E-state index in [9.17, 15) is 4.79 Å². The second-order valence-corrected chi connectivity index (χ2v) is 6.69. The second-order valence-electron chi connectivity index (χ2n) is 6.69. The fraction of sp³-hybridized carbons (Fsp3) is 0.650. The SMILES string of the molecule is CCC(CC)C(=O)NCC1(c2ccc(OC)c(OC)c2)CCOCC1. The van der Waals surface area contributed by atoms with Gasteiger partial charge in [0, 0.05) is 31.1 Å². The van der Waals surface area contributed by atoms with Gasteiger partial charge in [-0.3, -0.25) is 4.79 Å². The molecular weight excluding hydrogens is 318 g/mol. The molecule has 1 aromatic carbocycles. The van der Waals surface area contributed by atoms with Crippen LogP contribution in [0.4, 0.5) is 0 Å². The zero-order valence-corrected chi connectivity index (χ0v) is 15.9. The quantitative estimate of drug-likeness (QED) is 0.782. The Labute approximate surface area is 151 Å². The highest BCUT2D eigenvalue weighted by atomic mass is 16.5. The van der Waals surface area contributed by atoms with Crippen molar-refractivity contribution in [3.8, 4) is 11.5 Å². The molecule has 1 heterocycles. The third-order valence-corrected chi connectivity index (χ3v) is 5.40. The van der Waals surface area contributed by atoms with Crippen molar-refractivity contribution in [1.29, 1.82) is 0 Å². The lowest BCUT2D eigenvalue weighted by Gasteiger charge is -2.38. The maximum Gasteiger partial charge on any atom is 0.223 e. The second kappa shape index (κ2) is 9.09. The number of amides is 1. The number of carbonyl (C=O) groups is 1. The Kier molecular flexibility index (Phi) is 7.12. The Balaban J connectivity index is 2.24. The third kappa shape index (κ3) is 4.46. The van der Waals surface area contributed by atoms with E-state index < -0.39 is 0 Å². The summed E-state index contributed by atoms with van der Waals surface area (Å²) in [5, 5.41) is 3.19. The van der Waals surface area contributed by atoms with Gasteiger partial charge in [-0.15, -0.1) is 0 Å². The Morgan fingerprint density at radius 3 is 2.36 bits per heavy atom. The van der Waals surface area contributed by atoms with Gasteiger partial charge in [0.25, 0.3) is 0 Å². The molecule has 0 bridgehead atoms. The van der Waals surface area contributed by atoms with E-state index in [1.54, 1.807) is 14.2 Å². The van der Waals surface area contributed by atoms with Gasteiger partial charge in [0.05, 0.1) is 14.2 Å². The summed E-state index contributed by atoms with van der Waals surface area (Å²) in [6, 6.07) is 6.05. The van der Waals surface area contributed by atoms with Crippen LogP contribution in [0.3, 0.4) is 0 Å². The van der Waals surface area contributed by atoms with E-state index in [-0.39, 0.29) is 17.2 Å². The number of methoxy groups -OCH3 is 2. The van der Waals surface area contributed by atoms with E-state index in [2.05, 4.69) is 25.2 Å². The molecule has 0 spiro atoms. The molecular formula is C20H31NO4. The highest BCUT2D eigenvalue weighted by molar-refractivity contribution is 5.78. The largest absolute Gasteiger partial charge is 0.493 e. The standard InChI is InChI=1S/C20H31NO4/c1-5-15(6-2)19(22)21-14-20(9-11-25-12-10-20)16-7-8-17(23-3)18(13-16)24-4/h7-8,13,15H,5-6,9-12,14H2,1-4H3,(H,21,22). The van der Waals surface area contributed by atoms with Crippen LogP contribution in [0.2, 0.25) is 0 Å². The summed E-state index contributed by atoms with van der Waals surface area (Å²) < 4.78 is 16.4. The fourth-order valence-electron chi connectivity index (χ4n) is 3.56. The van der Waals surface area contributed by atoms with Gasteiger partial charge < -0.3 is 19.5 Å². The smallest absolute Gasteiger partial charge is 0.223 e. The Hall–Kier alpha value is -1.75. The molecule has 140 valence electrons. The highest BCUT2D eigenvalue weighted by Crippen LogP contribution is 2.39. The minimum absolute atomic E-state index is 0.0855. The van der Waals surface area contributed by atoms with E-state index >= 15 is 0 Å². The van der Waals surface area contributed by atoms with Gasteiger partial charge in [0.15, 0.2) is 11.5 Å². The van der Waals surface area contributed by atoms with Gasteiger partial charge in [0.1, 0.15) is 0 Å². The summed E-state index contributed by atoms with van der Waals surface area (Å²) >= 11 is 0. The van der Waals surface area contributed by atoms with E-state index in [4.69, 9.17) is 14.2 Å². The van der Waals surface area contributed by atoms with Crippen molar-refractivity contribution < 1.29 is 19.0 Å². The lowest BCUT2D eigenvalue weighted by Crippen LogP contribution is -2.46. The number of benzene rings is 1. The Bertz CT molecular complexity index is 563. The number of ether oxygens (including phenoxy) is 3. The van der Waals surface area contributed by atoms with Gasteiger partial charge in [-0.05, 0) is 43.4 Å². The van der Waals surface area contributed by atoms with Crippen molar-refractivity contribution in [2.45, 2.75) is 44.9 Å². The molecule has 2 rings (SSSR count). The van der Waals surface area contributed by atoms with Crippen LogP contribution >= 0.6 is 0 Å². The first-order valence-electron chi connectivity index (χ1n) is 9.18. The molecule has 25 heavy (non-hydrogen) atoms. The molecule has 1 aliphatic rings. The molecule has 0 aliphatic carbocycles. The van der Waals surface area contributed by atoms with Crippen LogP contribution in [-0.4, -0.2) is 39.9 Å². The van der Waals surface area contributed by atoms with Crippen molar-refractivity contribution in [2.75, 3.05) is 34.0 Å². The van der Waals surface area contributed by atoms with E-state index in [0.717, 1.165) is 37.2 Å².